The lowest BCUT2D eigenvalue weighted by atomic mass is 10.1. The lowest BCUT2D eigenvalue weighted by Crippen LogP contribution is -2.31. The number of hydrogen-bond acceptors (Lipinski definition) is 3. The fourth-order valence-electron chi connectivity index (χ4n) is 3.09. The minimum atomic E-state index is -0.806. The third kappa shape index (κ3) is 3.58. The molecule has 0 bridgehead atoms. The van der Waals surface area contributed by atoms with Gasteiger partial charge in [-0.2, -0.15) is 5.10 Å². The summed E-state index contributed by atoms with van der Waals surface area (Å²) in [5, 5.41) is 4.14. The summed E-state index contributed by atoms with van der Waals surface area (Å²) in [5.41, 5.74) is 0.493. The van der Waals surface area contributed by atoms with Gasteiger partial charge in [-0.15, -0.1) is 0 Å². The van der Waals surface area contributed by atoms with Gasteiger partial charge < -0.3 is 4.57 Å². The summed E-state index contributed by atoms with van der Waals surface area (Å²) >= 11 is 6.38. The second kappa shape index (κ2) is 7.83. The van der Waals surface area contributed by atoms with Crippen molar-refractivity contribution in [1.29, 1.82) is 0 Å². The molecule has 0 aliphatic carbocycles. The maximum absolute atomic E-state index is 14.5. The van der Waals surface area contributed by atoms with Crippen LogP contribution in [0.25, 0.3) is 17.1 Å². The molecular weight excluding hydrogens is 386 g/mol. The third-order valence-corrected chi connectivity index (χ3v) is 4.97. The number of hydrogen-bond donors (Lipinski definition) is 0. The summed E-state index contributed by atoms with van der Waals surface area (Å²) in [4.78, 5) is 17.5. The van der Waals surface area contributed by atoms with Crippen LogP contribution in [0.4, 0.5) is 8.78 Å². The van der Waals surface area contributed by atoms with Crippen LogP contribution in [0.5, 0.6) is 0 Å². The lowest BCUT2D eigenvalue weighted by molar-refractivity contribution is 0.458. The van der Waals surface area contributed by atoms with Gasteiger partial charge >= 0.3 is 0 Å². The predicted molar refractivity (Wildman–Crippen MR) is 105 cm³/mol. The Hall–Kier alpha value is -2.54. The summed E-state index contributed by atoms with van der Waals surface area (Å²) in [5.74, 6) is -1.53. The van der Waals surface area contributed by atoms with E-state index in [1.165, 1.54) is 15.3 Å². The third-order valence-electron chi connectivity index (χ3n) is 4.71. The number of rotatable bonds is 5. The van der Waals surface area contributed by atoms with Crippen LogP contribution < -0.4 is 5.56 Å². The van der Waals surface area contributed by atoms with Gasteiger partial charge in [0.25, 0.3) is 5.56 Å². The molecule has 28 heavy (non-hydrogen) atoms. The molecule has 0 saturated heterocycles. The van der Waals surface area contributed by atoms with E-state index in [1.807, 2.05) is 13.8 Å². The van der Waals surface area contributed by atoms with Crippen molar-refractivity contribution in [3.05, 3.63) is 62.8 Å². The molecule has 2 aromatic heterocycles. The van der Waals surface area contributed by atoms with Crippen molar-refractivity contribution in [2.24, 2.45) is 5.92 Å². The predicted octanol–water partition coefficient (Wildman–Crippen LogP) is 4.69. The number of benzene rings is 1. The SMILES string of the molecule is CC[C@H](C)Cn1c(-c2c(F)cccc2F)c(Cl)nc(-n2nc(C)cc2C)c1=O. The molecule has 0 saturated carbocycles. The fraction of sp³-hybridized carbons (Fsp3) is 0.350. The first-order chi connectivity index (χ1) is 13.2. The average Bonchev–Trinajstić information content (AvgIpc) is 2.97. The van der Waals surface area contributed by atoms with Crippen molar-refractivity contribution < 1.29 is 8.78 Å². The molecule has 2 heterocycles. The number of aromatic nitrogens is 4. The minimum Gasteiger partial charge on any atom is -0.302 e. The van der Waals surface area contributed by atoms with Crippen molar-refractivity contribution in [2.45, 2.75) is 40.7 Å². The monoisotopic (exact) mass is 406 g/mol. The summed E-state index contributed by atoms with van der Waals surface area (Å²) in [6.07, 6.45) is 0.779. The van der Waals surface area contributed by atoms with E-state index in [-0.39, 0.29) is 34.7 Å². The van der Waals surface area contributed by atoms with Gasteiger partial charge in [-0.1, -0.05) is 37.9 Å². The van der Waals surface area contributed by atoms with Crippen molar-refractivity contribution in [1.82, 2.24) is 19.3 Å². The Kier molecular flexibility index (Phi) is 5.65. The number of aryl methyl sites for hydroxylation is 2. The second-order valence-electron chi connectivity index (χ2n) is 6.94. The Morgan fingerprint density at radius 2 is 1.86 bits per heavy atom. The molecule has 0 aliphatic heterocycles. The normalized spacial score (nSPS) is 12.4. The summed E-state index contributed by atoms with van der Waals surface area (Å²) in [7, 11) is 0. The molecular formula is C20H21ClF2N4O. The van der Waals surface area contributed by atoms with Crippen LogP contribution in [0.2, 0.25) is 5.15 Å². The Balaban J connectivity index is 2.36. The quantitative estimate of drug-likeness (QED) is 0.617. The molecule has 148 valence electrons. The maximum Gasteiger partial charge on any atom is 0.296 e. The second-order valence-corrected chi connectivity index (χ2v) is 7.30. The van der Waals surface area contributed by atoms with E-state index in [0.717, 1.165) is 18.6 Å². The topological polar surface area (TPSA) is 52.7 Å². The van der Waals surface area contributed by atoms with Gasteiger partial charge in [0.05, 0.1) is 17.0 Å². The molecule has 0 aliphatic rings. The van der Waals surface area contributed by atoms with Crippen LogP contribution in [0.3, 0.4) is 0 Å². The Bertz CT molecular complexity index is 1070. The standard InChI is InChI=1S/C20H21ClF2N4O/c1-5-11(2)10-26-17(16-14(22)7-6-8-15(16)23)18(21)24-19(20(26)28)27-13(4)9-12(3)25-27/h6-9,11H,5,10H2,1-4H3/t11-/m0/s1. The molecule has 8 heteroatoms. The van der Waals surface area contributed by atoms with E-state index >= 15 is 0 Å². The van der Waals surface area contributed by atoms with Crippen molar-refractivity contribution in [2.75, 3.05) is 0 Å². The first-order valence-electron chi connectivity index (χ1n) is 9.02. The minimum absolute atomic E-state index is 0.000555. The van der Waals surface area contributed by atoms with Gasteiger partial charge in [0.15, 0.2) is 5.15 Å². The van der Waals surface area contributed by atoms with Crippen LogP contribution in [-0.4, -0.2) is 19.3 Å². The van der Waals surface area contributed by atoms with Gasteiger partial charge in [-0.05, 0) is 38.0 Å². The largest absolute Gasteiger partial charge is 0.302 e. The molecule has 0 unspecified atom stereocenters. The van der Waals surface area contributed by atoms with Crippen molar-refractivity contribution in [3.63, 3.8) is 0 Å². The Labute approximate surface area is 166 Å². The zero-order valence-corrected chi connectivity index (χ0v) is 16.9. The van der Waals surface area contributed by atoms with E-state index in [1.54, 1.807) is 19.9 Å². The van der Waals surface area contributed by atoms with Crippen LogP contribution >= 0.6 is 11.6 Å². The van der Waals surface area contributed by atoms with Gasteiger partial charge in [0.1, 0.15) is 11.6 Å². The molecule has 0 amide bonds. The molecule has 3 rings (SSSR count). The smallest absolute Gasteiger partial charge is 0.296 e. The van der Waals surface area contributed by atoms with E-state index in [4.69, 9.17) is 11.6 Å². The fourth-order valence-corrected chi connectivity index (χ4v) is 3.36. The van der Waals surface area contributed by atoms with Crippen LogP contribution in [-0.2, 0) is 6.54 Å². The molecule has 3 aromatic rings. The van der Waals surface area contributed by atoms with Crippen LogP contribution in [0.15, 0.2) is 29.1 Å². The molecule has 0 spiro atoms. The van der Waals surface area contributed by atoms with Gasteiger partial charge in [-0.25, -0.2) is 18.4 Å². The lowest BCUT2D eigenvalue weighted by Gasteiger charge is -2.19. The highest BCUT2D eigenvalue weighted by atomic mass is 35.5. The van der Waals surface area contributed by atoms with Crippen LogP contribution in [0.1, 0.15) is 31.7 Å². The molecule has 0 radical (unpaired) electrons. The molecule has 0 N–H and O–H groups in total. The first kappa shape index (κ1) is 20.2. The van der Waals surface area contributed by atoms with Gasteiger partial charge in [0, 0.05) is 12.2 Å². The maximum atomic E-state index is 14.5. The van der Waals surface area contributed by atoms with Crippen molar-refractivity contribution >= 4 is 11.6 Å². The molecule has 1 atom stereocenters. The average molecular weight is 407 g/mol. The Morgan fingerprint density at radius 3 is 2.39 bits per heavy atom. The molecule has 0 fully saturated rings. The summed E-state index contributed by atoms with van der Waals surface area (Å²) in [6, 6.07) is 5.32. The summed E-state index contributed by atoms with van der Waals surface area (Å²) < 4.78 is 31.7. The summed E-state index contributed by atoms with van der Waals surface area (Å²) in [6.45, 7) is 7.76. The van der Waals surface area contributed by atoms with Crippen LogP contribution in [0, 0.1) is 31.4 Å². The van der Waals surface area contributed by atoms with Crippen molar-refractivity contribution in [3.8, 4) is 17.1 Å². The molecule has 5 nitrogen and oxygen atoms in total. The zero-order chi connectivity index (χ0) is 20.6. The van der Waals surface area contributed by atoms with E-state index < -0.39 is 17.2 Å². The zero-order valence-electron chi connectivity index (χ0n) is 16.1. The van der Waals surface area contributed by atoms with E-state index in [9.17, 15) is 13.6 Å². The number of nitrogens with zero attached hydrogens (tertiary/aromatic N) is 4. The highest BCUT2D eigenvalue weighted by molar-refractivity contribution is 6.31. The highest BCUT2D eigenvalue weighted by Gasteiger charge is 2.24. The van der Waals surface area contributed by atoms with Gasteiger partial charge in [-0.3, -0.25) is 4.79 Å². The Morgan fingerprint density at radius 1 is 1.21 bits per heavy atom. The highest BCUT2D eigenvalue weighted by Crippen LogP contribution is 2.31. The van der Waals surface area contributed by atoms with Gasteiger partial charge in [0.2, 0.25) is 5.82 Å². The van der Waals surface area contributed by atoms with E-state index in [0.29, 0.717) is 11.4 Å². The molecule has 1 aromatic carbocycles. The first-order valence-corrected chi connectivity index (χ1v) is 9.40. The van der Waals surface area contributed by atoms with E-state index in [2.05, 4.69) is 10.1 Å². The number of halogens is 3.